The van der Waals surface area contributed by atoms with E-state index in [2.05, 4.69) is 0 Å². The molecule has 2 heterocycles. The van der Waals surface area contributed by atoms with Gasteiger partial charge in [-0.05, 0) is 29.7 Å². The number of esters is 1. The normalized spacial score (nSPS) is 30.1. The number of thioether (sulfide) groups is 1. The summed E-state index contributed by atoms with van der Waals surface area (Å²) in [5.74, 6) is -1.21. The van der Waals surface area contributed by atoms with Crippen LogP contribution in [0.3, 0.4) is 0 Å². The van der Waals surface area contributed by atoms with E-state index in [9.17, 15) is 19.8 Å². The molecular formula is C36H40O12S. The summed E-state index contributed by atoms with van der Waals surface area (Å²) in [6.07, 6.45) is -3.37. The van der Waals surface area contributed by atoms with Gasteiger partial charge >= 0.3 is 5.97 Å². The van der Waals surface area contributed by atoms with Crippen molar-refractivity contribution in [3.05, 3.63) is 83.4 Å². The summed E-state index contributed by atoms with van der Waals surface area (Å²) in [6, 6.07) is 19.1. The molecule has 13 heteroatoms. The number of ether oxygens (including phenoxy) is 8. The molecule has 0 amide bonds. The third-order valence-electron chi connectivity index (χ3n) is 9.42. The lowest BCUT2D eigenvalue weighted by Crippen LogP contribution is -2.52. The Kier molecular flexibility index (Phi) is 10.1. The van der Waals surface area contributed by atoms with Crippen LogP contribution in [0.15, 0.2) is 66.7 Å². The number of aliphatic hydroxyl groups is 2. The van der Waals surface area contributed by atoms with Crippen LogP contribution in [0.25, 0.3) is 0 Å². The van der Waals surface area contributed by atoms with E-state index in [0.29, 0.717) is 29.1 Å². The molecule has 2 aliphatic heterocycles. The van der Waals surface area contributed by atoms with Gasteiger partial charge in [-0.25, -0.2) is 0 Å². The third kappa shape index (κ3) is 5.92. The average molecular weight is 697 g/mol. The van der Waals surface area contributed by atoms with Crippen molar-refractivity contribution in [1.29, 1.82) is 0 Å². The Bertz CT molecular complexity index is 1650. The smallest absolute Gasteiger partial charge is 0.312 e. The highest BCUT2D eigenvalue weighted by molar-refractivity contribution is 8.13. The molecule has 1 unspecified atom stereocenters. The first-order chi connectivity index (χ1) is 23.6. The molecule has 3 aromatic carbocycles. The van der Waals surface area contributed by atoms with E-state index >= 15 is 0 Å². The van der Waals surface area contributed by atoms with Gasteiger partial charge in [0.25, 0.3) is 6.29 Å². The van der Waals surface area contributed by atoms with Crippen molar-refractivity contribution >= 4 is 22.8 Å². The fourth-order valence-electron chi connectivity index (χ4n) is 7.31. The van der Waals surface area contributed by atoms with Crippen molar-refractivity contribution in [3.8, 4) is 23.0 Å². The zero-order valence-corrected chi connectivity index (χ0v) is 28.6. The van der Waals surface area contributed by atoms with Crippen molar-refractivity contribution < 1.29 is 57.7 Å². The molecule has 2 N–H and O–H groups in total. The monoisotopic (exact) mass is 696 g/mol. The zero-order chi connectivity index (χ0) is 34.9. The summed E-state index contributed by atoms with van der Waals surface area (Å²) in [7, 11) is 5.68. The van der Waals surface area contributed by atoms with Gasteiger partial charge in [-0.1, -0.05) is 54.2 Å². The molecule has 49 heavy (non-hydrogen) atoms. The van der Waals surface area contributed by atoms with Gasteiger partial charge in [0.15, 0.2) is 16.3 Å². The maximum Gasteiger partial charge on any atom is 0.312 e. The van der Waals surface area contributed by atoms with Gasteiger partial charge in [0.2, 0.25) is 6.29 Å². The van der Waals surface area contributed by atoms with E-state index in [4.69, 9.17) is 37.9 Å². The number of hydrogen-bond donors (Lipinski definition) is 2. The van der Waals surface area contributed by atoms with Gasteiger partial charge in [-0.15, -0.1) is 0 Å². The topological polar surface area (TPSA) is 148 Å². The molecule has 6 rings (SSSR count). The Balaban J connectivity index is 1.46. The summed E-state index contributed by atoms with van der Waals surface area (Å²) >= 11 is 1.20. The van der Waals surface area contributed by atoms with Crippen LogP contribution in [0.4, 0.5) is 0 Å². The second kappa shape index (κ2) is 14.2. The maximum atomic E-state index is 13.5. The van der Waals surface area contributed by atoms with Crippen molar-refractivity contribution in [1.82, 2.24) is 0 Å². The van der Waals surface area contributed by atoms with Crippen LogP contribution in [0, 0.1) is 5.92 Å². The summed E-state index contributed by atoms with van der Waals surface area (Å²) in [4.78, 5) is 24.9. The van der Waals surface area contributed by atoms with Crippen molar-refractivity contribution in [2.24, 2.45) is 5.92 Å². The van der Waals surface area contributed by atoms with Crippen molar-refractivity contribution in [2.75, 3.05) is 40.8 Å². The summed E-state index contributed by atoms with van der Waals surface area (Å²) < 4.78 is 47.2. The molecule has 262 valence electrons. The first kappa shape index (κ1) is 35.0. The molecule has 1 aliphatic carbocycles. The number of rotatable bonds is 11. The second-order valence-corrected chi connectivity index (χ2v) is 13.3. The predicted molar refractivity (Wildman–Crippen MR) is 177 cm³/mol. The Morgan fingerprint density at radius 2 is 1.69 bits per heavy atom. The van der Waals surface area contributed by atoms with Gasteiger partial charge in [-0.3, -0.25) is 9.59 Å². The van der Waals surface area contributed by atoms with E-state index in [0.717, 1.165) is 0 Å². The molecule has 8 atom stereocenters. The van der Waals surface area contributed by atoms with Gasteiger partial charge in [-0.2, -0.15) is 0 Å². The van der Waals surface area contributed by atoms with Crippen LogP contribution in [-0.2, 0) is 39.7 Å². The molecule has 1 saturated carbocycles. The van der Waals surface area contributed by atoms with Gasteiger partial charge < -0.3 is 48.1 Å². The van der Waals surface area contributed by atoms with Crippen LogP contribution >= 0.6 is 11.8 Å². The molecule has 0 bridgehead atoms. The van der Waals surface area contributed by atoms with Crippen molar-refractivity contribution in [3.63, 3.8) is 0 Å². The molecule has 3 aromatic rings. The fourth-order valence-corrected chi connectivity index (χ4v) is 7.98. The highest BCUT2D eigenvalue weighted by Crippen LogP contribution is 2.70. The first-order valence-electron chi connectivity index (χ1n) is 15.8. The number of aliphatic hydroxyl groups excluding tert-OH is 1. The van der Waals surface area contributed by atoms with Gasteiger partial charge in [0.1, 0.15) is 29.1 Å². The zero-order valence-electron chi connectivity index (χ0n) is 27.8. The largest absolute Gasteiger partial charge is 0.497 e. The molecule has 1 saturated heterocycles. The highest BCUT2D eigenvalue weighted by atomic mass is 32.2. The SMILES string of the molecule is COC(=O)[C@H]1[C@@H](O)C2(O)c3c(OC)cc(O[C@@H]4O[C@@H](CCSC(C)=O)CO[C@H]4OC)cc3O[C@@]2(c2ccc(OC)cc2)[C@@H]1c1ccccc1. The van der Waals surface area contributed by atoms with E-state index in [1.807, 2.05) is 30.3 Å². The lowest BCUT2D eigenvalue weighted by atomic mass is 9.70. The van der Waals surface area contributed by atoms with E-state index in [1.54, 1.807) is 43.5 Å². The minimum atomic E-state index is -2.22. The molecule has 2 fully saturated rings. The number of carbonyl (C=O) groups excluding carboxylic acids is 2. The lowest BCUT2D eigenvalue weighted by Gasteiger charge is -2.40. The molecule has 0 radical (unpaired) electrons. The molecule has 0 aromatic heterocycles. The summed E-state index contributed by atoms with van der Waals surface area (Å²) in [5, 5.41) is 25.2. The summed E-state index contributed by atoms with van der Waals surface area (Å²) in [5.41, 5.74) is -2.73. The molecule has 3 aliphatic rings. The molecule has 0 spiro atoms. The van der Waals surface area contributed by atoms with Crippen LogP contribution in [0.5, 0.6) is 23.0 Å². The van der Waals surface area contributed by atoms with Gasteiger partial charge in [0, 0.05) is 37.8 Å². The Morgan fingerprint density at radius 3 is 2.33 bits per heavy atom. The minimum Gasteiger partial charge on any atom is -0.497 e. The van der Waals surface area contributed by atoms with Crippen LogP contribution in [0.1, 0.15) is 36.0 Å². The Labute approximate surface area is 288 Å². The van der Waals surface area contributed by atoms with Crippen LogP contribution in [0.2, 0.25) is 0 Å². The number of benzene rings is 3. The summed E-state index contributed by atoms with van der Waals surface area (Å²) in [6.45, 7) is 1.77. The number of methoxy groups -OCH3 is 4. The number of hydrogen-bond acceptors (Lipinski definition) is 13. The standard InChI is InChI=1S/C36H40O12S/c1-20(37)49-16-15-24-19-45-33(44-5)34(46-24)47-25-17-26(42-3)30-27(18-25)48-36(22-11-13-23(41-2)14-12-22)29(21-9-7-6-8-10-21)28(32(39)43-4)31(38)35(30,36)40/h6-14,17-18,24,28-29,31,33-34,38,40H,15-16,19H2,1-5H3/t24-,28+,29+,31+,33+,34-,35?,36-/m0/s1. The Hall–Kier alpha value is -3.85. The quantitative estimate of drug-likeness (QED) is 0.280. The average Bonchev–Trinajstić information content (AvgIpc) is 3.49. The highest BCUT2D eigenvalue weighted by Gasteiger charge is 2.78. The molecular weight excluding hydrogens is 656 g/mol. The number of fused-ring (bicyclic) bond motifs is 3. The van der Waals surface area contributed by atoms with E-state index < -0.39 is 47.7 Å². The van der Waals surface area contributed by atoms with E-state index in [-0.39, 0.29) is 40.6 Å². The maximum absolute atomic E-state index is 13.5. The first-order valence-corrected chi connectivity index (χ1v) is 16.8. The second-order valence-electron chi connectivity index (χ2n) is 12.0. The predicted octanol–water partition coefficient (Wildman–Crippen LogP) is 3.89. The third-order valence-corrected chi connectivity index (χ3v) is 10.3. The van der Waals surface area contributed by atoms with Gasteiger partial charge in [0.05, 0.1) is 45.5 Å². The fraction of sp³-hybridized carbons (Fsp3) is 0.444. The lowest BCUT2D eigenvalue weighted by molar-refractivity contribution is -0.312. The van der Waals surface area contributed by atoms with E-state index in [1.165, 1.54) is 40.0 Å². The van der Waals surface area contributed by atoms with Crippen LogP contribution in [-0.4, -0.2) is 86.9 Å². The number of carbonyl (C=O) groups is 2. The molecule has 12 nitrogen and oxygen atoms in total. The van der Waals surface area contributed by atoms with Crippen molar-refractivity contribution in [2.45, 2.75) is 55.3 Å². The van der Waals surface area contributed by atoms with Crippen LogP contribution < -0.4 is 18.9 Å². The minimum absolute atomic E-state index is 0.0147. The Morgan fingerprint density at radius 1 is 0.959 bits per heavy atom.